The van der Waals surface area contributed by atoms with E-state index in [1.54, 1.807) is 0 Å². The molecule has 118 valence electrons. The van der Waals surface area contributed by atoms with E-state index in [0.717, 1.165) is 31.2 Å². The molecule has 0 heterocycles. The Labute approximate surface area is 133 Å². The average molecular weight is 330 g/mol. The van der Waals surface area contributed by atoms with Crippen molar-refractivity contribution < 1.29 is 8.42 Å². The van der Waals surface area contributed by atoms with Gasteiger partial charge in [0.25, 0.3) is 0 Å². The van der Waals surface area contributed by atoms with Crippen LogP contribution in [-0.2, 0) is 16.4 Å². The van der Waals surface area contributed by atoms with Gasteiger partial charge in [-0.25, -0.2) is 13.1 Å². The zero-order chi connectivity index (χ0) is 15.3. The largest absolute Gasteiger partial charge is 0.212 e. The van der Waals surface area contributed by atoms with E-state index in [0.29, 0.717) is 18.2 Å². The lowest BCUT2D eigenvalue weighted by Gasteiger charge is -2.39. The number of alkyl halides is 1. The number of halogens is 1. The minimum absolute atomic E-state index is 0.115. The molecule has 2 unspecified atom stereocenters. The highest BCUT2D eigenvalue weighted by atomic mass is 35.5. The highest BCUT2D eigenvalue weighted by Gasteiger charge is 2.37. The van der Waals surface area contributed by atoms with Gasteiger partial charge in [-0.3, -0.25) is 0 Å². The van der Waals surface area contributed by atoms with Gasteiger partial charge in [-0.15, -0.1) is 11.6 Å². The second-order valence-electron chi connectivity index (χ2n) is 6.27. The Kier molecular flexibility index (Phi) is 5.69. The Hall–Kier alpha value is -0.580. The first-order chi connectivity index (χ1) is 9.95. The van der Waals surface area contributed by atoms with Crippen molar-refractivity contribution in [2.45, 2.75) is 44.6 Å². The molecule has 3 nitrogen and oxygen atoms in total. The number of aryl methyl sites for hydroxylation is 1. The molecule has 21 heavy (non-hydrogen) atoms. The fourth-order valence-corrected chi connectivity index (χ4v) is 5.09. The van der Waals surface area contributed by atoms with Gasteiger partial charge in [0, 0.05) is 11.4 Å². The van der Waals surface area contributed by atoms with Crippen LogP contribution >= 0.6 is 11.6 Å². The topological polar surface area (TPSA) is 46.2 Å². The van der Waals surface area contributed by atoms with Crippen LogP contribution in [-0.4, -0.2) is 25.6 Å². The van der Waals surface area contributed by atoms with Gasteiger partial charge in [-0.1, -0.05) is 50.1 Å². The molecule has 0 bridgehead atoms. The van der Waals surface area contributed by atoms with E-state index in [1.165, 1.54) is 0 Å². The summed E-state index contributed by atoms with van der Waals surface area (Å²) in [5, 5.41) is 0. The minimum Gasteiger partial charge on any atom is -0.212 e. The highest BCUT2D eigenvalue weighted by Crippen LogP contribution is 2.33. The van der Waals surface area contributed by atoms with Gasteiger partial charge < -0.3 is 0 Å². The lowest BCUT2D eigenvalue weighted by molar-refractivity contribution is 0.239. The van der Waals surface area contributed by atoms with Gasteiger partial charge >= 0.3 is 0 Å². The van der Waals surface area contributed by atoms with Crippen molar-refractivity contribution in [2.24, 2.45) is 5.92 Å². The Morgan fingerprint density at radius 3 is 2.67 bits per heavy atom. The SMILES string of the molecule is CC1CCCC(CCl)(NS(=O)(=O)CCc2ccccc2)C1. The van der Waals surface area contributed by atoms with Gasteiger partial charge in [-0.2, -0.15) is 0 Å². The lowest BCUT2D eigenvalue weighted by Crippen LogP contribution is -2.53. The van der Waals surface area contributed by atoms with Crippen molar-refractivity contribution in [3.8, 4) is 0 Å². The summed E-state index contributed by atoms with van der Waals surface area (Å²) in [6.45, 7) is 2.17. The Bertz CT molecular complexity index is 547. The zero-order valence-electron chi connectivity index (χ0n) is 12.5. The van der Waals surface area contributed by atoms with Crippen molar-refractivity contribution in [1.82, 2.24) is 4.72 Å². The molecule has 1 saturated carbocycles. The maximum absolute atomic E-state index is 12.4. The summed E-state index contributed by atoms with van der Waals surface area (Å²) in [4.78, 5) is 0. The van der Waals surface area contributed by atoms with E-state index < -0.39 is 15.6 Å². The Morgan fingerprint density at radius 2 is 2.05 bits per heavy atom. The van der Waals surface area contributed by atoms with Crippen molar-refractivity contribution in [3.63, 3.8) is 0 Å². The standard InChI is InChI=1S/C16H24ClNO2S/c1-14-6-5-10-16(12-14,13-17)18-21(19,20)11-9-15-7-3-2-4-8-15/h2-4,7-8,14,18H,5-6,9-13H2,1H3. The summed E-state index contributed by atoms with van der Waals surface area (Å²) in [5.74, 6) is 0.987. The number of rotatable bonds is 6. The van der Waals surface area contributed by atoms with Gasteiger partial charge in [0.1, 0.15) is 0 Å². The molecule has 1 aliphatic rings. The van der Waals surface area contributed by atoms with Crippen LogP contribution in [0.15, 0.2) is 30.3 Å². The van der Waals surface area contributed by atoms with E-state index in [9.17, 15) is 8.42 Å². The number of hydrogen-bond acceptors (Lipinski definition) is 2. The maximum atomic E-state index is 12.4. The van der Waals surface area contributed by atoms with Crippen LogP contribution < -0.4 is 4.72 Å². The van der Waals surface area contributed by atoms with Crippen LogP contribution in [0.5, 0.6) is 0 Å². The molecule has 2 atom stereocenters. The molecular weight excluding hydrogens is 306 g/mol. The van der Waals surface area contributed by atoms with Crippen molar-refractivity contribution in [3.05, 3.63) is 35.9 Å². The quantitative estimate of drug-likeness (QED) is 0.814. The number of nitrogens with one attached hydrogen (secondary N) is 1. The summed E-state index contributed by atoms with van der Waals surface area (Å²) in [7, 11) is -3.31. The molecule has 0 radical (unpaired) electrons. The molecule has 0 saturated heterocycles. The van der Waals surface area contributed by atoms with Crippen LogP contribution in [0.3, 0.4) is 0 Å². The number of sulfonamides is 1. The maximum Gasteiger partial charge on any atom is 0.212 e. The number of hydrogen-bond donors (Lipinski definition) is 1. The predicted molar refractivity (Wildman–Crippen MR) is 88.2 cm³/mol. The second-order valence-corrected chi connectivity index (χ2v) is 8.38. The van der Waals surface area contributed by atoms with E-state index in [1.807, 2.05) is 30.3 Å². The van der Waals surface area contributed by atoms with Crippen molar-refractivity contribution >= 4 is 21.6 Å². The Balaban J connectivity index is 1.99. The van der Waals surface area contributed by atoms with Crippen LogP contribution in [0.2, 0.25) is 0 Å². The van der Waals surface area contributed by atoms with Crippen LogP contribution in [0.1, 0.15) is 38.2 Å². The Morgan fingerprint density at radius 1 is 1.33 bits per heavy atom. The summed E-state index contributed by atoms with van der Waals surface area (Å²) >= 11 is 6.10. The average Bonchev–Trinajstić information content (AvgIpc) is 2.46. The van der Waals surface area contributed by atoms with Gasteiger partial charge in [0.15, 0.2) is 0 Å². The molecule has 1 aromatic carbocycles. The third kappa shape index (κ3) is 4.97. The molecule has 1 N–H and O–H groups in total. The summed E-state index contributed by atoms with van der Waals surface area (Å²) < 4.78 is 27.6. The molecule has 0 amide bonds. The minimum atomic E-state index is -3.31. The monoisotopic (exact) mass is 329 g/mol. The van der Waals surface area contributed by atoms with Gasteiger partial charge in [0.05, 0.1) is 5.75 Å². The second kappa shape index (κ2) is 7.12. The van der Waals surface area contributed by atoms with E-state index >= 15 is 0 Å². The molecule has 1 aliphatic carbocycles. The molecule has 2 rings (SSSR count). The molecule has 0 aliphatic heterocycles. The first kappa shape index (κ1) is 16.8. The number of benzene rings is 1. The summed E-state index contributed by atoms with van der Waals surface area (Å²) in [6.07, 6.45) is 4.40. The van der Waals surface area contributed by atoms with Crippen molar-refractivity contribution in [1.29, 1.82) is 0 Å². The van der Waals surface area contributed by atoms with E-state index in [2.05, 4.69) is 11.6 Å². The van der Waals surface area contributed by atoms with Crippen LogP contribution in [0.4, 0.5) is 0 Å². The smallest absolute Gasteiger partial charge is 0.212 e. The zero-order valence-corrected chi connectivity index (χ0v) is 14.1. The summed E-state index contributed by atoms with van der Waals surface area (Å²) in [6, 6.07) is 9.70. The third-order valence-corrected chi connectivity index (χ3v) is 6.22. The highest BCUT2D eigenvalue weighted by molar-refractivity contribution is 7.89. The molecule has 5 heteroatoms. The molecule has 0 spiro atoms. The van der Waals surface area contributed by atoms with Crippen LogP contribution in [0.25, 0.3) is 0 Å². The first-order valence-corrected chi connectivity index (χ1v) is 9.75. The van der Waals surface area contributed by atoms with Crippen LogP contribution in [0, 0.1) is 5.92 Å². The van der Waals surface area contributed by atoms with Crippen molar-refractivity contribution in [2.75, 3.05) is 11.6 Å². The normalized spacial score (nSPS) is 26.7. The molecule has 1 aromatic rings. The summed E-state index contributed by atoms with van der Waals surface area (Å²) in [5.41, 5.74) is 0.592. The first-order valence-electron chi connectivity index (χ1n) is 7.56. The molecular formula is C16H24ClNO2S. The van der Waals surface area contributed by atoms with E-state index in [4.69, 9.17) is 11.6 Å². The third-order valence-electron chi connectivity index (χ3n) is 4.22. The predicted octanol–water partition coefficient (Wildman–Crippen LogP) is 3.34. The van der Waals surface area contributed by atoms with Gasteiger partial charge in [-0.05, 0) is 30.7 Å². The fourth-order valence-electron chi connectivity index (χ4n) is 3.18. The van der Waals surface area contributed by atoms with E-state index in [-0.39, 0.29) is 5.75 Å². The lowest BCUT2D eigenvalue weighted by atomic mass is 9.78. The molecule has 0 aromatic heterocycles. The van der Waals surface area contributed by atoms with Gasteiger partial charge in [0.2, 0.25) is 10.0 Å². The molecule has 1 fully saturated rings. The fraction of sp³-hybridized carbons (Fsp3) is 0.625.